The van der Waals surface area contributed by atoms with Crippen LogP contribution in [-0.2, 0) is 4.79 Å². The van der Waals surface area contributed by atoms with Gasteiger partial charge in [-0.25, -0.2) is 0 Å². The monoisotopic (exact) mass is 198 g/mol. The van der Waals surface area contributed by atoms with Crippen LogP contribution < -0.4 is 5.32 Å². The fourth-order valence-corrected chi connectivity index (χ4v) is 1.07. The predicted octanol–water partition coefficient (Wildman–Crippen LogP) is 2.24. The second-order valence-electron chi connectivity index (χ2n) is 3.83. The summed E-state index contributed by atoms with van der Waals surface area (Å²) in [5, 5.41) is 5.95. The summed E-state index contributed by atoms with van der Waals surface area (Å²) in [6, 6.07) is 0.152. The maximum atomic E-state index is 11.1. The molecule has 0 aromatic heterocycles. The van der Waals surface area contributed by atoms with Crippen LogP contribution in [0.4, 0.5) is 0 Å². The molecule has 0 heterocycles. The molecule has 0 fully saturated rings. The molecule has 5 heteroatoms. The molecule has 80 valence electrons. The van der Waals surface area contributed by atoms with Crippen LogP contribution in [0.1, 0.15) is 33.6 Å². The Kier molecular flexibility index (Phi) is 6.58. The van der Waals surface area contributed by atoms with Crippen LogP contribution in [0, 0.1) is 5.92 Å². The number of hydrogen-bond acceptors (Lipinski definition) is 2. The molecule has 0 saturated heterocycles. The molecule has 0 rings (SSSR count). The first-order chi connectivity index (χ1) is 6.56. The minimum atomic E-state index is -0.209. The minimum Gasteiger partial charge on any atom is -0.354 e. The minimum absolute atomic E-state index is 0.109. The van der Waals surface area contributed by atoms with Crippen LogP contribution in [0.5, 0.6) is 0 Å². The van der Waals surface area contributed by atoms with E-state index in [0.29, 0.717) is 5.92 Å². The first kappa shape index (κ1) is 12.8. The van der Waals surface area contributed by atoms with Crippen molar-refractivity contribution in [3.8, 4) is 0 Å². The van der Waals surface area contributed by atoms with Crippen molar-refractivity contribution < 1.29 is 4.79 Å². The molecule has 0 saturated carbocycles. The standard InChI is InChI=1S/C9H18N4O/c1-7(2)4-5-8(3)12-9(14)6-11-13-10/h7-8H,4-6H2,1-3H3,(H,12,14). The van der Waals surface area contributed by atoms with Crippen LogP contribution >= 0.6 is 0 Å². The predicted molar refractivity (Wildman–Crippen MR) is 55.7 cm³/mol. The highest BCUT2D eigenvalue weighted by atomic mass is 16.1. The number of azide groups is 1. The molecule has 0 spiro atoms. The molecule has 0 radical (unpaired) electrons. The van der Waals surface area contributed by atoms with Gasteiger partial charge in [0, 0.05) is 11.0 Å². The van der Waals surface area contributed by atoms with Crippen molar-refractivity contribution in [2.24, 2.45) is 11.0 Å². The SMILES string of the molecule is CC(C)CCC(C)NC(=O)CN=[N+]=[N-]. The first-order valence-electron chi connectivity index (χ1n) is 4.86. The van der Waals surface area contributed by atoms with Gasteiger partial charge in [-0.2, -0.15) is 0 Å². The van der Waals surface area contributed by atoms with E-state index in [1.807, 2.05) is 6.92 Å². The van der Waals surface area contributed by atoms with Gasteiger partial charge in [-0.15, -0.1) is 0 Å². The lowest BCUT2D eigenvalue weighted by atomic mass is 10.0. The average molecular weight is 198 g/mol. The highest BCUT2D eigenvalue weighted by Crippen LogP contribution is 2.06. The molecule has 14 heavy (non-hydrogen) atoms. The van der Waals surface area contributed by atoms with Crippen LogP contribution in [0.25, 0.3) is 10.4 Å². The highest BCUT2D eigenvalue weighted by molar-refractivity contribution is 5.78. The van der Waals surface area contributed by atoms with Crippen LogP contribution in [0.3, 0.4) is 0 Å². The third-order valence-corrected chi connectivity index (χ3v) is 1.86. The fourth-order valence-electron chi connectivity index (χ4n) is 1.07. The molecular weight excluding hydrogens is 180 g/mol. The summed E-state index contributed by atoms with van der Waals surface area (Å²) in [7, 11) is 0. The van der Waals surface area contributed by atoms with E-state index in [9.17, 15) is 4.79 Å². The zero-order chi connectivity index (χ0) is 11.0. The molecule has 1 unspecified atom stereocenters. The zero-order valence-electron chi connectivity index (χ0n) is 9.03. The number of amides is 1. The van der Waals surface area contributed by atoms with Crippen molar-refractivity contribution in [3.63, 3.8) is 0 Å². The van der Waals surface area contributed by atoms with E-state index in [2.05, 4.69) is 29.2 Å². The Morgan fingerprint density at radius 1 is 1.43 bits per heavy atom. The second-order valence-corrected chi connectivity index (χ2v) is 3.83. The van der Waals surface area contributed by atoms with E-state index >= 15 is 0 Å². The van der Waals surface area contributed by atoms with Crippen LogP contribution in [-0.4, -0.2) is 18.5 Å². The number of nitrogens with zero attached hydrogens (tertiary/aromatic N) is 3. The van der Waals surface area contributed by atoms with Crippen molar-refractivity contribution in [2.75, 3.05) is 6.54 Å². The molecule has 0 aliphatic heterocycles. The summed E-state index contributed by atoms with van der Waals surface area (Å²) in [5.41, 5.74) is 8.00. The first-order valence-corrected chi connectivity index (χ1v) is 4.86. The fraction of sp³-hybridized carbons (Fsp3) is 0.889. The maximum absolute atomic E-state index is 11.1. The van der Waals surface area contributed by atoms with Gasteiger partial charge in [0.15, 0.2) is 0 Å². The highest BCUT2D eigenvalue weighted by Gasteiger charge is 2.06. The Hall–Kier alpha value is -1.22. The quantitative estimate of drug-likeness (QED) is 0.396. The topological polar surface area (TPSA) is 77.9 Å². The average Bonchev–Trinajstić information content (AvgIpc) is 2.11. The van der Waals surface area contributed by atoms with E-state index in [0.717, 1.165) is 12.8 Å². The number of nitrogens with one attached hydrogen (secondary N) is 1. The number of rotatable bonds is 6. The zero-order valence-corrected chi connectivity index (χ0v) is 9.03. The molecular formula is C9H18N4O. The number of hydrogen-bond donors (Lipinski definition) is 1. The van der Waals surface area contributed by atoms with E-state index in [4.69, 9.17) is 5.53 Å². The lowest BCUT2D eigenvalue weighted by molar-refractivity contribution is -0.120. The molecule has 0 aromatic carbocycles. The number of carbonyl (C=O) groups excluding carboxylic acids is 1. The van der Waals surface area contributed by atoms with Gasteiger partial charge in [0.25, 0.3) is 0 Å². The van der Waals surface area contributed by atoms with Gasteiger partial charge in [-0.05, 0) is 31.2 Å². The lowest BCUT2D eigenvalue weighted by Gasteiger charge is -2.14. The number of carbonyl (C=O) groups is 1. The molecule has 1 atom stereocenters. The molecule has 0 aliphatic rings. The van der Waals surface area contributed by atoms with Crippen molar-refractivity contribution in [1.29, 1.82) is 0 Å². The van der Waals surface area contributed by atoms with Gasteiger partial charge in [0.05, 0.1) is 0 Å². The maximum Gasteiger partial charge on any atom is 0.226 e. The van der Waals surface area contributed by atoms with Crippen LogP contribution in [0.2, 0.25) is 0 Å². The molecule has 0 aliphatic carbocycles. The lowest BCUT2D eigenvalue weighted by Crippen LogP contribution is -2.34. The third kappa shape index (κ3) is 7.43. The molecule has 5 nitrogen and oxygen atoms in total. The molecule has 1 amide bonds. The van der Waals surface area contributed by atoms with E-state index in [1.165, 1.54) is 0 Å². The summed E-state index contributed by atoms with van der Waals surface area (Å²) in [6.07, 6.45) is 2.04. The Morgan fingerprint density at radius 3 is 2.57 bits per heavy atom. The summed E-state index contributed by atoms with van der Waals surface area (Å²) in [4.78, 5) is 13.6. The summed E-state index contributed by atoms with van der Waals surface area (Å²) in [6.45, 7) is 6.14. The van der Waals surface area contributed by atoms with Crippen molar-refractivity contribution in [2.45, 2.75) is 39.7 Å². The second kappa shape index (κ2) is 7.21. The van der Waals surface area contributed by atoms with Gasteiger partial charge in [-0.1, -0.05) is 19.0 Å². The van der Waals surface area contributed by atoms with Gasteiger partial charge in [0.1, 0.15) is 6.54 Å². The Bertz CT molecular complexity index is 221. The van der Waals surface area contributed by atoms with Crippen molar-refractivity contribution in [3.05, 3.63) is 10.4 Å². The van der Waals surface area contributed by atoms with Gasteiger partial charge in [-0.3, -0.25) is 4.79 Å². The Labute approximate surface area is 84.5 Å². The molecule has 1 N–H and O–H groups in total. The normalized spacial score (nSPS) is 12.0. The Balaban J connectivity index is 3.65. The summed E-state index contributed by atoms with van der Waals surface area (Å²) >= 11 is 0. The van der Waals surface area contributed by atoms with E-state index in [-0.39, 0.29) is 18.5 Å². The van der Waals surface area contributed by atoms with Gasteiger partial charge in [0.2, 0.25) is 5.91 Å². The van der Waals surface area contributed by atoms with Crippen LogP contribution in [0.15, 0.2) is 5.11 Å². The van der Waals surface area contributed by atoms with Gasteiger partial charge < -0.3 is 5.32 Å². The van der Waals surface area contributed by atoms with E-state index < -0.39 is 0 Å². The Morgan fingerprint density at radius 2 is 2.07 bits per heavy atom. The third-order valence-electron chi connectivity index (χ3n) is 1.86. The van der Waals surface area contributed by atoms with E-state index in [1.54, 1.807) is 0 Å². The molecule has 0 aromatic rings. The van der Waals surface area contributed by atoms with Crippen molar-refractivity contribution in [1.82, 2.24) is 5.32 Å². The summed E-state index contributed by atoms with van der Waals surface area (Å²) in [5.74, 6) is 0.436. The smallest absolute Gasteiger partial charge is 0.226 e. The van der Waals surface area contributed by atoms with Gasteiger partial charge >= 0.3 is 0 Å². The van der Waals surface area contributed by atoms with Crippen molar-refractivity contribution >= 4 is 5.91 Å². The summed E-state index contributed by atoms with van der Waals surface area (Å²) < 4.78 is 0. The molecule has 0 bridgehead atoms. The largest absolute Gasteiger partial charge is 0.354 e.